The van der Waals surface area contributed by atoms with Crippen LogP contribution in [0.4, 0.5) is 0 Å². The molecule has 0 fully saturated rings. The summed E-state index contributed by atoms with van der Waals surface area (Å²) in [4.78, 5) is 0. The van der Waals surface area contributed by atoms with Crippen molar-refractivity contribution in [1.29, 1.82) is 0 Å². The van der Waals surface area contributed by atoms with Gasteiger partial charge in [0.05, 0.1) is 0 Å². The molecule has 1 aromatic rings. The number of nitrogens with one attached hydrogen (secondary N) is 1. The van der Waals surface area contributed by atoms with Crippen molar-refractivity contribution in [3.05, 3.63) is 35.9 Å². The molecule has 0 aliphatic heterocycles. The van der Waals surface area contributed by atoms with E-state index in [-0.39, 0.29) is 5.41 Å². The van der Waals surface area contributed by atoms with Crippen molar-refractivity contribution in [2.75, 3.05) is 0 Å². The van der Waals surface area contributed by atoms with Crippen LogP contribution in [0, 0.1) is 0 Å². The fourth-order valence-electron chi connectivity index (χ4n) is 2.31. The first-order valence-corrected chi connectivity index (χ1v) is 6.30. The molecule has 0 radical (unpaired) electrons. The van der Waals surface area contributed by atoms with Gasteiger partial charge in [-0.2, -0.15) is 0 Å². The van der Waals surface area contributed by atoms with Gasteiger partial charge in [0.2, 0.25) is 0 Å². The summed E-state index contributed by atoms with van der Waals surface area (Å²) >= 11 is 0. The molecule has 1 aromatic carbocycles. The lowest BCUT2D eigenvalue weighted by Gasteiger charge is -2.36. The zero-order valence-electron chi connectivity index (χ0n) is 11.2. The number of hydrogen-bond donors (Lipinski definition) is 1. The van der Waals surface area contributed by atoms with E-state index in [0.717, 1.165) is 6.42 Å². The van der Waals surface area contributed by atoms with Gasteiger partial charge in [-0.3, -0.25) is 0 Å². The van der Waals surface area contributed by atoms with Gasteiger partial charge in [-0.1, -0.05) is 65.0 Å². The Kier molecular flexibility index (Phi) is 4.55. The molecule has 0 heterocycles. The van der Waals surface area contributed by atoms with Crippen molar-refractivity contribution < 1.29 is 0 Å². The van der Waals surface area contributed by atoms with Gasteiger partial charge >= 0.3 is 0 Å². The van der Waals surface area contributed by atoms with E-state index in [2.05, 4.69) is 70.3 Å². The summed E-state index contributed by atoms with van der Waals surface area (Å²) in [5.41, 5.74) is 1.59. The molecule has 0 aliphatic carbocycles. The van der Waals surface area contributed by atoms with E-state index in [4.69, 9.17) is 0 Å². The summed E-state index contributed by atoms with van der Waals surface area (Å²) in [7, 11) is 0. The number of benzene rings is 1. The highest BCUT2D eigenvalue weighted by Crippen LogP contribution is 2.28. The molecule has 1 N–H and O–H groups in total. The van der Waals surface area contributed by atoms with Crippen LogP contribution < -0.4 is 5.32 Å². The first-order chi connectivity index (χ1) is 7.48. The minimum Gasteiger partial charge on any atom is -0.311 e. The molecule has 0 aliphatic rings. The Balaban J connectivity index is 2.90. The van der Waals surface area contributed by atoms with Crippen LogP contribution >= 0.6 is 0 Å². The highest BCUT2D eigenvalue weighted by molar-refractivity contribution is 5.25. The van der Waals surface area contributed by atoms with Crippen LogP contribution in [0.5, 0.6) is 0 Å². The molecule has 16 heavy (non-hydrogen) atoms. The lowest BCUT2D eigenvalue weighted by atomic mass is 9.76. The van der Waals surface area contributed by atoms with E-state index in [1.165, 1.54) is 5.56 Å². The highest BCUT2D eigenvalue weighted by atomic mass is 15.0. The molecule has 0 saturated carbocycles. The van der Waals surface area contributed by atoms with Gasteiger partial charge in [0.15, 0.2) is 0 Å². The van der Waals surface area contributed by atoms with Gasteiger partial charge in [0.1, 0.15) is 0 Å². The van der Waals surface area contributed by atoms with Crippen molar-refractivity contribution >= 4 is 0 Å². The molecule has 90 valence electrons. The summed E-state index contributed by atoms with van der Waals surface area (Å²) in [6, 6.07) is 11.8. The third-order valence-electron chi connectivity index (χ3n) is 3.33. The molecule has 0 aromatic heterocycles. The van der Waals surface area contributed by atoms with Gasteiger partial charge in [-0.25, -0.2) is 0 Å². The smallest absolute Gasteiger partial charge is 0.0158 e. The molecule has 1 unspecified atom stereocenters. The maximum Gasteiger partial charge on any atom is 0.0158 e. The first kappa shape index (κ1) is 13.2. The van der Waals surface area contributed by atoms with E-state index < -0.39 is 0 Å². The number of hydrogen-bond acceptors (Lipinski definition) is 1. The minimum atomic E-state index is 0.181. The van der Waals surface area contributed by atoms with Crippen molar-refractivity contribution in [3.8, 4) is 0 Å². The highest BCUT2D eigenvalue weighted by Gasteiger charge is 2.29. The van der Waals surface area contributed by atoms with Crippen LogP contribution in [0.1, 0.15) is 46.6 Å². The fourth-order valence-corrected chi connectivity index (χ4v) is 2.31. The zero-order chi connectivity index (χ0) is 12.2. The molecule has 1 rings (SSSR count). The molecular weight excluding hydrogens is 194 g/mol. The van der Waals surface area contributed by atoms with Crippen LogP contribution in [-0.4, -0.2) is 12.1 Å². The van der Waals surface area contributed by atoms with E-state index >= 15 is 0 Å². The predicted molar refractivity (Wildman–Crippen MR) is 71.8 cm³/mol. The summed E-state index contributed by atoms with van der Waals surface area (Å²) < 4.78 is 0. The fraction of sp³-hybridized carbons (Fsp3) is 0.600. The molecule has 1 heteroatoms. The van der Waals surface area contributed by atoms with Crippen molar-refractivity contribution in [3.63, 3.8) is 0 Å². The molecule has 0 saturated heterocycles. The average molecular weight is 219 g/mol. The maximum atomic E-state index is 3.67. The quantitative estimate of drug-likeness (QED) is 0.795. The third kappa shape index (κ3) is 3.08. The minimum absolute atomic E-state index is 0.181. The van der Waals surface area contributed by atoms with Crippen LogP contribution in [-0.2, 0) is 5.41 Å². The van der Waals surface area contributed by atoms with Crippen LogP contribution in [0.25, 0.3) is 0 Å². The molecule has 1 nitrogen and oxygen atoms in total. The lowest BCUT2D eigenvalue weighted by molar-refractivity contribution is 0.311. The van der Waals surface area contributed by atoms with E-state index in [1.807, 2.05) is 0 Å². The Labute approximate surface area is 100 Å². The second kappa shape index (κ2) is 5.49. The van der Waals surface area contributed by atoms with Gasteiger partial charge in [0, 0.05) is 17.5 Å². The Morgan fingerprint density at radius 2 is 1.69 bits per heavy atom. The van der Waals surface area contributed by atoms with E-state index in [0.29, 0.717) is 12.1 Å². The number of rotatable bonds is 5. The molecular formula is C15H25N. The summed E-state index contributed by atoms with van der Waals surface area (Å²) in [5.74, 6) is 0. The van der Waals surface area contributed by atoms with Crippen LogP contribution in [0.3, 0.4) is 0 Å². The van der Waals surface area contributed by atoms with Gasteiger partial charge < -0.3 is 5.32 Å². The molecule has 0 spiro atoms. The first-order valence-electron chi connectivity index (χ1n) is 6.30. The van der Waals surface area contributed by atoms with Gasteiger partial charge in [0.25, 0.3) is 0 Å². The zero-order valence-corrected chi connectivity index (χ0v) is 11.2. The molecule has 0 bridgehead atoms. The largest absolute Gasteiger partial charge is 0.311 e. The standard InChI is InChI=1S/C15H25N/c1-6-14(16-12(2)3)15(4,5)13-10-8-7-9-11-13/h7-12,14,16H,6H2,1-5H3. The second-order valence-electron chi connectivity index (χ2n) is 5.37. The van der Waals surface area contributed by atoms with Crippen molar-refractivity contribution in [2.45, 2.75) is 58.5 Å². The summed E-state index contributed by atoms with van der Waals surface area (Å²) in [6.07, 6.45) is 1.15. The topological polar surface area (TPSA) is 12.0 Å². The Morgan fingerprint density at radius 3 is 2.12 bits per heavy atom. The van der Waals surface area contributed by atoms with E-state index in [9.17, 15) is 0 Å². The Morgan fingerprint density at radius 1 is 1.12 bits per heavy atom. The molecule has 1 atom stereocenters. The van der Waals surface area contributed by atoms with Crippen LogP contribution in [0.15, 0.2) is 30.3 Å². The van der Waals surface area contributed by atoms with E-state index in [1.54, 1.807) is 0 Å². The van der Waals surface area contributed by atoms with Crippen LogP contribution in [0.2, 0.25) is 0 Å². The third-order valence-corrected chi connectivity index (χ3v) is 3.33. The van der Waals surface area contributed by atoms with Crippen molar-refractivity contribution in [2.24, 2.45) is 0 Å². The summed E-state index contributed by atoms with van der Waals surface area (Å²) in [6.45, 7) is 11.3. The van der Waals surface area contributed by atoms with Gasteiger partial charge in [-0.15, -0.1) is 0 Å². The second-order valence-corrected chi connectivity index (χ2v) is 5.37. The normalized spacial score (nSPS) is 14.1. The maximum absolute atomic E-state index is 3.67. The summed E-state index contributed by atoms with van der Waals surface area (Å²) in [5, 5.41) is 3.67. The SMILES string of the molecule is CCC(NC(C)C)C(C)(C)c1ccccc1. The Bertz CT molecular complexity index is 300. The lowest BCUT2D eigenvalue weighted by Crippen LogP contribution is -2.47. The Hall–Kier alpha value is -0.820. The average Bonchev–Trinajstić information content (AvgIpc) is 2.26. The van der Waals surface area contributed by atoms with Crippen molar-refractivity contribution in [1.82, 2.24) is 5.32 Å². The van der Waals surface area contributed by atoms with Gasteiger partial charge in [-0.05, 0) is 12.0 Å². The predicted octanol–water partition coefficient (Wildman–Crippen LogP) is 3.74. The molecule has 0 amide bonds. The monoisotopic (exact) mass is 219 g/mol.